The Hall–Kier alpha value is -5.35. The molecule has 10 rings (SSSR count). The third-order valence-electron chi connectivity index (χ3n) is 12.9. The number of hydrogen-bond acceptors (Lipinski definition) is 1. The third kappa shape index (κ3) is 4.15. The number of benzene rings is 3. The largest absolute Gasteiger partial charge is 0.293 e. The Morgan fingerprint density at radius 2 is 1.47 bits per heavy atom. The molecule has 53 heavy (non-hydrogen) atoms. The number of aromatic nitrogens is 4. The highest BCUT2D eigenvalue weighted by molar-refractivity contribution is 6.23. The van der Waals surface area contributed by atoms with E-state index in [4.69, 9.17) is 4.98 Å². The normalized spacial score (nSPS) is 20.9. The van der Waals surface area contributed by atoms with Gasteiger partial charge in [-0.2, -0.15) is 9.13 Å². The molecule has 0 spiro atoms. The molecule has 2 aliphatic heterocycles. The van der Waals surface area contributed by atoms with E-state index in [0.29, 0.717) is 0 Å². The van der Waals surface area contributed by atoms with Gasteiger partial charge >= 0.3 is 0 Å². The SMILES string of the molecule is C=CC1(C)[n+]2ccc(CC(C)(C)C)cc2-c2cc3c4cc(C(C)(C)C)cc5c6ccccc6n(c3nc2C1(C)C1c2ccccc2-c2cccc[n+]21)c54. The molecule has 0 bridgehead atoms. The molecule has 4 heteroatoms. The predicted molar refractivity (Wildman–Crippen MR) is 218 cm³/mol. The number of para-hydroxylation sites is 1. The van der Waals surface area contributed by atoms with Crippen LogP contribution >= 0.6 is 0 Å². The van der Waals surface area contributed by atoms with Crippen molar-refractivity contribution in [1.82, 2.24) is 9.38 Å². The van der Waals surface area contributed by atoms with Gasteiger partial charge in [-0.25, -0.2) is 4.98 Å². The van der Waals surface area contributed by atoms with Crippen LogP contribution in [0.1, 0.15) is 83.8 Å². The van der Waals surface area contributed by atoms with Crippen molar-refractivity contribution in [2.45, 2.75) is 84.2 Å². The lowest BCUT2D eigenvalue weighted by molar-refractivity contribution is -0.777. The highest BCUT2D eigenvalue weighted by Crippen LogP contribution is 2.56. The minimum atomic E-state index is -0.552. The van der Waals surface area contributed by atoms with Crippen molar-refractivity contribution in [3.05, 3.63) is 144 Å². The minimum Gasteiger partial charge on any atom is -0.293 e. The van der Waals surface area contributed by atoms with E-state index in [1.165, 1.54) is 71.8 Å². The van der Waals surface area contributed by atoms with Crippen LogP contribution in [0.25, 0.3) is 60.7 Å². The van der Waals surface area contributed by atoms with Crippen molar-refractivity contribution in [2.75, 3.05) is 0 Å². The first kappa shape index (κ1) is 32.3. The molecule has 0 saturated heterocycles. The number of pyridine rings is 3. The molecule has 4 nitrogen and oxygen atoms in total. The van der Waals surface area contributed by atoms with Crippen LogP contribution in [0.15, 0.2) is 122 Å². The first-order valence-electron chi connectivity index (χ1n) is 19.2. The zero-order chi connectivity index (χ0) is 36.8. The minimum absolute atomic E-state index is 0.00653. The van der Waals surface area contributed by atoms with E-state index in [1.54, 1.807) is 0 Å². The quantitative estimate of drug-likeness (QED) is 0.134. The molecular weight excluding hydrogens is 645 g/mol. The highest BCUT2D eigenvalue weighted by Gasteiger charge is 2.67. The van der Waals surface area contributed by atoms with Gasteiger partial charge in [-0.1, -0.05) is 84.5 Å². The highest BCUT2D eigenvalue weighted by atomic mass is 15.2. The molecule has 262 valence electrons. The predicted octanol–water partition coefficient (Wildman–Crippen LogP) is 10.8. The van der Waals surface area contributed by atoms with E-state index in [2.05, 4.69) is 191 Å². The van der Waals surface area contributed by atoms with Crippen LogP contribution in [0.4, 0.5) is 0 Å². The molecule has 0 aliphatic carbocycles. The number of fused-ring (bicyclic) bond motifs is 12. The third-order valence-corrected chi connectivity index (χ3v) is 12.9. The van der Waals surface area contributed by atoms with Gasteiger partial charge in [-0.3, -0.25) is 4.40 Å². The molecule has 0 saturated carbocycles. The summed E-state index contributed by atoms with van der Waals surface area (Å²) in [5.74, 6) is 0. The van der Waals surface area contributed by atoms with Crippen molar-refractivity contribution >= 4 is 38.2 Å². The number of nitrogens with zero attached hydrogens (tertiary/aromatic N) is 4. The maximum absolute atomic E-state index is 6.03. The Morgan fingerprint density at radius 3 is 2.23 bits per heavy atom. The van der Waals surface area contributed by atoms with Crippen molar-refractivity contribution in [1.29, 1.82) is 0 Å². The van der Waals surface area contributed by atoms with Crippen LogP contribution in [-0.2, 0) is 22.8 Å². The average Bonchev–Trinajstić information content (AvgIpc) is 3.77. The first-order chi connectivity index (χ1) is 25.2. The summed E-state index contributed by atoms with van der Waals surface area (Å²) < 4.78 is 7.47. The Bertz CT molecular complexity index is 2800. The molecule has 8 aromatic rings. The fourth-order valence-corrected chi connectivity index (χ4v) is 10.1. The van der Waals surface area contributed by atoms with E-state index in [-0.39, 0.29) is 16.9 Å². The van der Waals surface area contributed by atoms with Gasteiger partial charge in [-0.05, 0) is 77.8 Å². The van der Waals surface area contributed by atoms with E-state index >= 15 is 0 Å². The van der Waals surface area contributed by atoms with Gasteiger partial charge < -0.3 is 0 Å². The summed E-state index contributed by atoms with van der Waals surface area (Å²) in [6.07, 6.45) is 7.78. The zero-order valence-corrected chi connectivity index (χ0v) is 32.3. The number of rotatable bonds is 3. The summed E-state index contributed by atoms with van der Waals surface area (Å²) in [5.41, 5.74) is 12.6. The van der Waals surface area contributed by atoms with E-state index < -0.39 is 11.0 Å². The molecule has 0 N–H and O–H groups in total. The lowest BCUT2D eigenvalue weighted by Crippen LogP contribution is -2.71. The Labute approximate surface area is 312 Å². The van der Waals surface area contributed by atoms with E-state index in [0.717, 1.165) is 17.8 Å². The van der Waals surface area contributed by atoms with Crippen molar-refractivity contribution in [3.63, 3.8) is 0 Å². The average molecular weight is 693 g/mol. The molecule has 2 aliphatic rings. The van der Waals surface area contributed by atoms with Crippen molar-refractivity contribution in [2.24, 2.45) is 5.41 Å². The molecule has 0 fully saturated rings. The van der Waals surface area contributed by atoms with Gasteiger partial charge in [0.05, 0.1) is 27.9 Å². The standard InChI is InChI=1S/C49H48N4/c1-10-48(8)49(9,44-34-19-12-11-17-32(34)39-20-15-16-23-51(39)44)43-38(41-25-30(22-24-52(41)48)29-46(2,3)4)28-37-36-27-31(47(5,6)7)26-35-33-18-13-14-21-40(33)53(42(35)36)45(37)50-43/h10-28,44H,1,29H2,2-9H3/q+2. The van der Waals surface area contributed by atoms with Gasteiger partial charge in [0.25, 0.3) is 0 Å². The second-order valence-corrected chi connectivity index (χ2v) is 18.3. The molecule has 3 atom stereocenters. The van der Waals surface area contributed by atoms with Crippen LogP contribution in [-0.4, -0.2) is 9.38 Å². The summed E-state index contributed by atoms with van der Waals surface area (Å²) in [5, 5.41) is 5.06. The molecule has 3 aromatic carbocycles. The maximum Gasteiger partial charge on any atom is 0.215 e. The Balaban J connectivity index is 1.39. The molecule has 5 aromatic heterocycles. The second-order valence-electron chi connectivity index (χ2n) is 18.3. The Morgan fingerprint density at radius 1 is 0.755 bits per heavy atom. The van der Waals surface area contributed by atoms with Crippen LogP contribution in [0.3, 0.4) is 0 Å². The zero-order valence-electron chi connectivity index (χ0n) is 32.3. The van der Waals surface area contributed by atoms with E-state index in [1.807, 2.05) is 0 Å². The summed E-state index contributed by atoms with van der Waals surface area (Å²) in [6, 6.07) is 36.5. The first-order valence-corrected chi connectivity index (χ1v) is 19.2. The van der Waals surface area contributed by atoms with Crippen molar-refractivity contribution in [3.8, 4) is 22.5 Å². The van der Waals surface area contributed by atoms with Crippen LogP contribution in [0.2, 0.25) is 0 Å². The topological polar surface area (TPSA) is 25.1 Å². The van der Waals surface area contributed by atoms with Crippen molar-refractivity contribution < 1.29 is 9.13 Å². The lowest BCUT2D eigenvalue weighted by Gasteiger charge is -2.45. The fraction of sp³-hybridized carbons (Fsp3) is 0.286. The summed E-state index contributed by atoms with van der Waals surface area (Å²) in [7, 11) is 0. The summed E-state index contributed by atoms with van der Waals surface area (Å²) in [4.78, 5) is 6.03. The number of hydrogen-bond donors (Lipinski definition) is 0. The summed E-state index contributed by atoms with van der Waals surface area (Å²) in [6.45, 7) is 23.4. The molecule has 7 heterocycles. The molecule has 0 amide bonds. The lowest BCUT2D eigenvalue weighted by atomic mass is 9.59. The monoisotopic (exact) mass is 692 g/mol. The van der Waals surface area contributed by atoms with Crippen LogP contribution in [0, 0.1) is 5.41 Å². The van der Waals surface area contributed by atoms with E-state index in [9.17, 15) is 0 Å². The van der Waals surface area contributed by atoms with Crippen LogP contribution in [0.5, 0.6) is 0 Å². The smallest absolute Gasteiger partial charge is 0.215 e. The van der Waals surface area contributed by atoms with Gasteiger partial charge in [0.15, 0.2) is 12.4 Å². The van der Waals surface area contributed by atoms with Gasteiger partial charge in [0, 0.05) is 58.3 Å². The van der Waals surface area contributed by atoms with Crippen LogP contribution < -0.4 is 9.13 Å². The molecule has 3 unspecified atom stereocenters. The molecule has 0 radical (unpaired) electrons. The second kappa shape index (κ2) is 10.4. The van der Waals surface area contributed by atoms with Gasteiger partial charge in [0.2, 0.25) is 23.0 Å². The fourth-order valence-electron chi connectivity index (χ4n) is 10.1. The Kier molecular flexibility index (Phi) is 6.34. The molecular formula is C49H48N4+2. The van der Waals surface area contributed by atoms with Gasteiger partial charge in [0.1, 0.15) is 11.1 Å². The summed E-state index contributed by atoms with van der Waals surface area (Å²) >= 11 is 0. The van der Waals surface area contributed by atoms with Gasteiger partial charge in [-0.15, -0.1) is 0 Å². The number of allylic oxidation sites excluding steroid dienone is 1. The maximum atomic E-state index is 6.03.